The number of amides is 2. The van der Waals surface area contributed by atoms with Crippen LogP contribution in [-0.4, -0.2) is 205 Å². The van der Waals surface area contributed by atoms with E-state index < -0.39 is 30.0 Å². The Morgan fingerprint density at radius 2 is 1.43 bits per heavy atom. The fourth-order valence-electron chi connectivity index (χ4n) is 6.52. The van der Waals surface area contributed by atoms with E-state index in [1.807, 2.05) is 11.9 Å². The zero-order valence-electron chi connectivity index (χ0n) is 33.9. The van der Waals surface area contributed by atoms with E-state index in [-0.39, 0.29) is 51.7 Å². The van der Waals surface area contributed by atoms with Gasteiger partial charge in [-0.1, -0.05) is 6.58 Å². The summed E-state index contributed by atoms with van der Waals surface area (Å²) in [6, 6.07) is 0. The Morgan fingerprint density at radius 1 is 0.900 bits per heavy atom. The van der Waals surface area contributed by atoms with Crippen molar-refractivity contribution >= 4 is 58.3 Å². The number of nitrogens with zero attached hydrogens (tertiary/aromatic N) is 11. The Bertz CT molecular complexity index is 1910. The lowest BCUT2D eigenvalue weighted by Gasteiger charge is -2.32. The Hall–Kier alpha value is -5.98. The molecular formula is C36H55FN14O9. The van der Waals surface area contributed by atoms with Crippen LogP contribution in [0.1, 0.15) is 12.8 Å². The largest absolute Gasteiger partial charge is 0.480 e. The number of nitrogens with two attached hydrogens (primary N) is 1. The Kier molecular flexibility index (Phi) is 17.9. The third-order valence-electron chi connectivity index (χ3n) is 9.60. The molecule has 0 saturated carbocycles. The second-order valence-corrected chi connectivity index (χ2v) is 14.3. The number of nitrogens with one attached hydrogen (secondary N) is 2. The molecular weight excluding hydrogens is 791 g/mol. The van der Waals surface area contributed by atoms with Crippen molar-refractivity contribution in [2.24, 2.45) is 12.8 Å². The zero-order valence-corrected chi connectivity index (χ0v) is 33.9. The van der Waals surface area contributed by atoms with Gasteiger partial charge in [0.05, 0.1) is 52.4 Å². The van der Waals surface area contributed by atoms with Gasteiger partial charge < -0.3 is 45.9 Å². The van der Waals surface area contributed by atoms with E-state index in [2.05, 4.69) is 43.0 Å². The summed E-state index contributed by atoms with van der Waals surface area (Å²) < 4.78 is 23.0. The fraction of sp³-hybridized carbons (Fsp3) is 0.583. The van der Waals surface area contributed by atoms with E-state index in [0.717, 1.165) is 6.08 Å². The molecule has 1 atom stereocenters. The van der Waals surface area contributed by atoms with E-state index in [0.29, 0.717) is 106 Å². The van der Waals surface area contributed by atoms with Gasteiger partial charge in [-0.2, -0.15) is 9.97 Å². The maximum atomic E-state index is 14.0. The van der Waals surface area contributed by atoms with Gasteiger partial charge in [-0.25, -0.2) is 9.37 Å². The second kappa shape index (κ2) is 23.0. The Morgan fingerprint density at radius 3 is 1.90 bits per heavy atom. The molecule has 1 unspecified atom stereocenters. The number of carbonyl (C=O) groups excluding carboxylic acids is 2. The third kappa shape index (κ3) is 15.0. The fourth-order valence-corrected chi connectivity index (χ4v) is 6.52. The number of primary amides is 1. The SMILES string of the molecule is C=CC(N)=O.COc1nn(CCCNC(=O)CN2CCN(CC(=O)O)CCN(CC(=O)O)CCN(CC(=O)O)CC2)cc1Nc1nc(N2CCC(F)C2)nc2c1ncn2C. The van der Waals surface area contributed by atoms with Crippen LogP contribution < -0.4 is 26.0 Å². The van der Waals surface area contributed by atoms with Crippen molar-refractivity contribution in [1.29, 1.82) is 0 Å². The number of aliphatic carboxylic acids is 3. The molecule has 3 aromatic heterocycles. The van der Waals surface area contributed by atoms with E-state index in [9.17, 15) is 43.7 Å². The summed E-state index contributed by atoms with van der Waals surface area (Å²) in [6.07, 6.45) is 4.44. The van der Waals surface area contributed by atoms with Crippen LogP contribution in [0, 0.1) is 0 Å². The van der Waals surface area contributed by atoms with Gasteiger partial charge in [0.15, 0.2) is 17.0 Å². The number of carboxylic acid groups (broad SMARTS) is 3. The van der Waals surface area contributed by atoms with E-state index in [1.54, 1.807) is 41.4 Å². The Balaban J connectivity index is 0.00000150. The van der Waals surface area contributed by atoms with Gasteiger partial charge in [0.25, 0.3) is 5.88 Å². The Labute approximate surface area is 345 Å². The minimum absolute atomic E-state index is 0.0168. The summed E-state index contributed by atoms with van der Waals surface area (Å²) in [6.45, 7) is 6.35. The summed E-state index contributed by atoms with van der Waals surface area (Å²) in [5.41, 5.74) is 6.19. The number of rotatable bonds is 17. The summed E-state index contributed by atoms with van der Waals surface area (Å²) in [4.78, 5) is 79.6. The molecule has 2 aliphatic rings. The predicted molar refractivity (Wildman–Crippen MR) is 216 cm³/mol. The van der Waals surface area contributed by atoms with Crippen molar-refractivity contribution in [2.45, 2.75) is 25.6 Å². The molecule has 7 N–H and O–H groups in total. The summed E-state index contributed by atoms with van der Waals surface area (Å²) in [7, 11) is 3.32. The number of fused-ring (bicyclic) bond motifs is 1. The number of carbonyl (C=O) groups is 5. The highest BCUT2D eigenvalue weighted by Crippen LogP contribution is 2.30. The normalized spacial score (nSPS) is 17.5. The number of aryl methyl sites for hydroxylation is 2. The number of hydrogen-bond acceptors (Lipinski definition) is 16. The smallest absolute Gasteiger partial charge is 0.317 e. The molecule has 0 radical (unpaired) electrons. The minimum Gasteiger partial charge on any atom is -0.480 e. The van der Waals surface area contributed by atoms with Crippen molar-refractivity contribution in [2.75, 3.05) is 115 Å². The third-order valence-corrected chi connectivity index (χ3v) is 9.60. The number of anilines is 3. The lowest BCUT2D eigenvalue weighted by molar-refractivity contribution is -0.140. The lowest BCUT2D eigenvalue weighted by atomic mass is 10.3. The molecule has 0 bridgehead atoms. The average molecular weight is 847 g/mol. The molecule has 5 rings (SSSR count). The van der Waals surface area contributed by atoms with Gasteiger partial charge in [-0.05, 0) is 18.9 Å². The van der Waals surface area contributed by atoms with Crippen molar-refractivity contribution in [3.05, 3.63) is 25.2 Å². The zero-order chi connectivity index (χ0) is 43.8. The van der Waals surface area contributed by atoms with Gasteiger partial charge in [0, 0.05) is 79.0 Å². The summed E-state index contributed by atoms with van der Waals surface area (Å²) in [5, 5.41) is 39.0. The van der Waals surface area contributed by atoms with Crippen molar-refractivity contribution in [3.8, 4) is 5.88 Å². The molecule has 24 heteroatoms. The number of carboxylic acids is 3. The van der Waals surface area contributed by atoms with Gasteiger partial charge in [0.2, 0.25) is 17.8 Å². The molecule has 23 nitrogen and oxygen atoms in total. The minimum atomic E-state index is -1.03. The number of hydrogen-bond donors (Lipinski definition) is 6. The number of methoxy groups -OCH3 is 1. The first-order chi connectivity index (χ1) is 28.6. The number of ether oxygens (including phenoxy) is 1. The standard InChI is InChI=1S/C33H50FN13O8.C3H5NO/c1-41-22-36-29-30(38-33(39-31(29)41)46-7-4-23(34)16-46)37-24-17-47(40-32(24)55-2)6-3-5-35-25(48)18-42-8-10-43(19-26(49)50)12-14-45(21-28(53)54)15-13-44(11-9-42)20-27(51)52;1-2-3(4)5/h17,22-23H,3-16,18-21H2,1-2H3,(H,35,48)(H,49,50)(H,51,52)(H,53,54)(H,37,38,39);2H,1H2,(H2,4,5). The van der Waals surface area contributed by atoms with Crippen LogP contribution in [0.4, 0.5) is 21.8 Å². The number of aromatic nitrogens is 6. The van der Waals surface area contributed by atoms with E-state index in [1.165, 1.54) is 7.11 Å². The van der Waals surface area contributed by atoms with Crippen molar-refractivity contribution in [3.63, 3.8) is 0 Å². The molecule has 2 saturated heterocycles. The topological polar surface area (TPSA) is 283 Å². The van der Waals surface area contributed by atoms with Crippen LogP contribution in [0.5, 0.6) is 5.88 Å². The van der Waals surface area contributed by atoms with Crippen molar-refractivity contribution in [1.82, 2.24) is 54.2 Å². The highest BCUT2D eigenvalue weighted by atomic mass is 19.1. The van der Waals surface area contributed by atoms with E-state index in [4.69, 9.17) is 4.74 Å². The summed E-state index contributed by atoms with van der Waals surface area (Å²) >= 11 is 0. The average Bonchev–Trinajstić information content (AvgIpc) is 3.91. The number of alkyl halides is 1. The molecule has 0 aromatic carbocycles. The first-order valence-corrected chi connectivity index (χ1v) is 19.3. The highest BCUT2D eigenvalue weighted by Gasteiger charge is 2.26. The van der Waals surface area contributed by atoms with Crippen LogP contribution >= 0.6 is 0 Å². The maximum absolute atomic E-state index is 14.0. The first kappa shape index (κ1) is 46.7. The molecule has 5 heterocycles. The van der Waals surface area contributed by atoms with Crippen LogP contribution in [0.3, 0.4) is 0 Å². The predicted octanol–water partition coefficient (Wildman–Crippen LogP) is -1.50. The molecule has 2 fully saturated rings. The van der Waals surface area contributed by atoms with Gasteiger partial charge in [0.1, 0.15) is 11.9 Å². The molecule has 3 aromatic rings. The number of halogens is 1. The summed E-state index contributed by atoms with van der Waals surface area (Å²) in [5.74, 6) is -2.65. The quantitative estimate of drug-likeness (QED) is 0.0666. The second-order valence-electron chi connectivity index (χ2n) is 14.3. The monoisotopic (exact) mass is 846 g/mol. The van der Waals surface area contributed by atoms with Gasteiger partial charge in [-0.3, -0.25) is 48.3 Å². The van der Waals surface area contributed by atoms with Gasteiger partial charge >= 0.3 is 17.9 Å². The molecule has 2 amide bonds. The molecule has 0 spiro atoms. The molecule has 2 aliphatic heterocycles. The van der Waals surface area contributed by atoms with Gasteiger partial charge in [-0.15, -0.1) is 5.10 Å². The first-order valence-electron chi connectivity index (χ1n) is 19.3. The molecule has 0 aliphatic carbocycles. The maximum Gasteiger partial charge on any atom is 0.317 e. The highest BCUT2D eigenvalue weighted by molar-refractivity contribution is 5.87. The number of imidazole rings is 1. The molecule has 60 heavy (non-hydrogen) atoms. The van der Waals surface area contributed by atoms with Crippen molar-refractivity contribution < 1.29 is 48.4 Å². The lowest BCUT2D eigenvalue weighted by Crippen LogP contribution is -2.49. The van der Waals surface area contributed by atoms with Crippen LogP contribution in [0.15, 0.2) is 25.2 Å². The van der Waals surface area contributed by atoms with Crippen LogP contribution in [-0.2, 0) is 37.6 Å². The van der Waals surface area contributed by atoms with Crippen LogP contribution in [0.2, 0.25) is 0 Å². The molecule has 330 valence electrons. The van der Waals surface area contributed by atoms with E-state index >= 15 is 0 Å². The van der Waals surface area contributed by atoms with Crippen LogP contribution in [0.25, 0.3) is 11.2 Å².